The highest BCUT2D eigenvalue weighted by Crippen LogP contribution is 2.28. The van der Waals surface area contributed by atoms with Crippen LogP contribution in [0.2, 0.25) is 5.02 Å². The summed E-state index contributed by atoms with van der Waals surface area (Å²) in [5.74, 6) is 0.466. The number of nitrogens with one attached hydrogen (secondary N) is 2. The number of pyridine rings is 1. The minimum absolute atomic E-state index is 0.0732. The molecule has 2 aromatic rings. The molecule has 0 radical (unpaired) electrons. The van der Waals surface area contributed by atoms with Gasteiger partial charge in [0.15, 0.2) is 0 Å². The van der Waals surface area contributed by atoms with Gasteiger partial charge in [-0.1, -0.05) is 11.6 Å². The molecule has 0 fully saturated rings. The van der Waals surface area contributed by atoms with Gasteiger partial charge in [-0.05, 0) is 18.2 Å². The van der Waals surface area contributed by atoms with Crippen molar-refractivity contribution >= 4 is 27.3 Å². The Kier molecular flexibility index (Phi) is 4.01. The molecule has 0 unspecified atom stereocenters. The van der Waals surface area contributed by atoms with E-state index in [1.807, 2.05) is 0 Å². The molecule has 1 aromatic carbocycles. The van der Waals surface area contributed by atoms with Gasteiger partial charge in [-0.3, -0.25) is 9.52 Å². The Balaban J connectivity index is 2.37. The molecular formula is C12H11ClN2O4S. The van der Waals surface area contributed by atoms with Crippen molar-refractivity contribution in [2.24, 2.45) is 0 Å². The molecule has 20 heavy (non-hydrogen) atoms. The number of rotatable bonds is 4. The molecule has 0 aliphatic carbocycles. The van der Waals surface area contributed by atoms with E-state index in [0.717, 1.165) is 12.3 Å². The van der Waals surface area contributed by atoms with Gasteiger partial charge in [0, 0.05) is 18.3 Å². The summed E-state index contributed by atoms with van der Waals surface area (Å²) in [5, 5.41) is 0.235. The maximum Gasteiger partial charge on any atom is 0.263 e. The summed E-state index contributed by atoms with van der Waals surface area (Å²) in [5.41, 5.74) is -0.194. The zero-order valence-electron chi connectivity index (χ0n) is 10.4. The van der Waals surface area contributed by atoms with Crippen molar-refractivity contribution in [3.05, 3.63) is 51.9 Å². The lowest BCUT2D eigenvalue weighted by molar-refractivity contribution is 0.415. The second kappa shape index (κ2) is 5.56. The fourth-order valence-corrected chi connectivity index (χ4v) is 2.74. The summed E-state index contributed by atoms with van der Waals surface area (Å²) in [7, 11) is -2.38. The van der Waals surface area contributed by atoms with Crippen LogP contribution in [0.1, 0.15) is 0 Å². The second-order valence-electron chi connectivity index (χ2n) is 3.84. The third kappa shape index (κ3) is 3.12. The number of methoxy groups -OCH3 is 1. The van der Waals surface area contributed by atoms with Gasteiger partial charge < -0.3 is 9.72 Å². The van der Waals surface area contributed by atoms with Gasteiger partial charge in [0.25, 0.3) is 10.0 Å². The Labute approximate surface area is 120 Å². The maximum absolute atomic E-state index is 12.1. The molecule has 0 aliphatic rings. The zero-order chi connectivity index (χ0) is 14.8. The summed E-state index contributed by atoms with van der Waals surface area (Å²) in [6.07, 6.45) is 1.11. The first-order valence-corrected chi connectivity index (χ1v) is 7.33. The number of anilines is 1. The second-order valence-corrected chi connectivity index (χ2v) is 5.93. The normalized spacial score (nSPS) is 11.1. The number of halogens is 1. The molecule has 106 valence electrons. The summed E-state index contributed by atoms with van der Waals surface area (Å²) in [4.78, 5) is 13.2. The number of sulfonamides is 1. The number of benzene rings is 1. The fraction of sp³-hybridized carbons (Fsp3) is 0.0833. The lowest BCUT2D eigenvalue weighted by Crippen LogP contribution is -2.15. The Hall–Kier alpha value is -1.99. The first-order chi connectivity index (χ1) is 9.42. The monoisotopic (exact) mass is 314 g/mol. The van der Waals surface area contributed by atoms with Crippen molar-refractivity contribution in [1.29, 1.82) is 0 Å². The fourth-order valence-electron chi connectivity index (χ4n) is 1.48. The zero-order valence-corrected chi connectivity index (χ0v) is 12.0. The van der Waals surface area contributed by atoms with Crippen LogP contribution in [0, 0.1) is 0 Å². The minimum atomic E-state index is -3.84. The van der Waals surface area contributed by atoms with Gasteiger partial charge in [-0.2, -0.15) is 0 Å². The number of hydrogen-bond donors (Lipinski definition) is 2. The number of hydrogen-bond acceptors (Lipinski definition) is 4. The Bertz CT molecular complexity index is 766. The number of aromatic nitrogens is 1. The van der Waals surface area contributed by atoms with Crippen molar-refractivity contribution in [2.45, 2.75) is 4.90 Å². The Morgan fingerprint density at radius 1 is 1.25 bits per heavy atom. The highest BCUT2D eigenvalue weighted by atomic mass is 35.5. The molecule has 0 atom stereocenters. The molecule has 0 saturated carbocycles. The van der Waals surface area contributed by atoms with Crippen LogP contribution in [0.4, 0.5) is 5.69 Å². The van der Waals surface area contributed by atoms with Gasteiger partial charge in [-0.15, -0.1) is 0 Å². The van der Waals surface area contributed by atoms with E-state index in [0.29, 0.717) is 5.75 Å². The highest BCUT2D eigenvalue weighted by molar-refractivity contribution is 7.92. The van der Waals surface area contributed by atoms with E-state index >= 15 is 0 Å². The van der Waals surface area contributed by atoms with E-state index in [9.17, 15) is 13.2 Å². The molecule has 0 spiro atoms. The highest BCUT2D eigenvalue weighted by Gasteiger charge is 2.16. The van der Waals surface area contributed by atoms with Crippen LogP contribution in [0.5, 0.6) is 5.75 Å². The number of aromatic amines is 1. The van der Waals surface area contributed by atoms with Crippen LogP contribution in [0.25, 0.3) is 0 Å². The van der Waals surface area contributed by atoms with Crippen molar-refractivity contribution < 1.29 is 13.2 Å². The van der Waals surface area contributed by atoms with Gasteiger partial charge >= 0.3 is 0 Å². The summed E-state index contributed by atoms with van der Waals surface area (Å²) < 4.78 is 31.6. The average molecular weight is 315 g/mol. The van der Waals surface area contributed by atoms with Crippen molar-refractivity contribution in [2.75, 3.05) is 11.8 Å². The van der Waals surface area contributed by atoms with E-state index < -0.39 is 10.0 Å². The predicted octanol–water partition coefficient (Wildman–Crippen LogP) is 1.84. The standard InChI is InChI=1S/C12H11ClN2O4S/c1-19-8-2-4-10(13)11(6-8)15-20(17,18)9-3-5-12(16)14-7-9/h2-7,15H,1H3,(H,14,16). The predicted molar refractivity (Wildman–Crippen MR) is 75.9 cm³/mol. The topological polar surface area (TPSA) is 88.3 Å². The third-order valence-electron chi connectivity index (χ3n) is 2.48. The van der Waals surface area contributed by atoms with Crippen molar-refractivity contribution in [3.8, 4) is 5.75 Å². The smallest absolute Gasteiger partial charge is 0.263 e. The SMILES string of the molecule is COc1ccc(Cl)c(NS(=O)(=O)c2ccc(=O)[nH]c2)c1. The Morgan fingerprint density at radius 2 is 2.00 bits per heavy atom. The molecule has 8 heteroatoms. The van der Waals surface area contributed by atoms with Crippen molar-refractivity contribution in [1.82, 2.24) is 4.98 Å². The number of H-pyrrole nitrogens is 1. The van der Waals surface area contributed by atoms with E-state index in [1.54, 1.807) is 6.07 Å². The first-order valence-electron chi connectivity index (χ1n) is 5.47. The van der Waals surface area contributed by atoms with E-state index in [2.05, 4.69) is 9.71 Å². The molecular weight excluding hydrogens is 304 g/mol. The van der Waals surface area contributed by atoms with Crippen LogP contribution >= 0.6 is 11.6 Å². The van der Waals surface area contributed by atoms with E-state index in [-0.39, 0.29) is 21.2 Å². The number of ether oxygens (including phenoxy) is 1. The molecule has 0 bridgehead atoms. The van der Waals surface area contributed by atoms with E-state index in [4.69, 9.17) is 16.3 Å². The minimum Gasteiger partial charge on any atom is -0.497 e. The maximum atomic E-state index is 12.1. The van der Waals surface area contributed by atoms with Crippen LogP contribution in [0.3, 0.4) is 0 Å². The molecule has 0 aliphatic heterocycles. The first kappa shape index (κ1) is 14.4. The molecule has 2 N–H and O–H groups in total. The molecule has 2 rings (SSSR count). The van der Waals surface area contributed by atoms with Crippen molar-refractivity contribution in [3.63, 3.8) is 0 Å². The quantitative estimate of drug-likeness (QED) is 0.901. The van der Waals surface area contributed by atoms with Crippen LogP contribution in [0.15, 0.2) is 46.2 Å². The van der Waals surface area contributed by atoms with Gasteiger partial charge in [0.2, 0.25) is 5.56 Å². The molecule has 1 heterocycles. The third-order valence-corrected chi connectivity index (χ3v) is 4.18. The van der Waals surface area contributed by atoms with Gasteiger partial charge in [0.1, 0.15) is 10.6 Å². The van der Waals surface area contributed by atoms with Crippen LogP contribution in [-0.4, -0.2) is 20.5 Å². The molecule has 0 saturated heterocycles. The van der Waals surface area contributed by atoms with Gasteiger partial charge in [-0.25, -0.2) is 8.42 Å². The Morgan fingerprint density at radius 3 is 2.60 bits per heavy atom. The van der Waals surface area contributed by atoms with E-state index in [1.165, 1.54) is 25.3 Å². The van der Waals surface area contributed by atoms with Gasteiger partial charge in [0.05, 0.1) is 17.8 Å². The summed E-state index contributed by atoms with van der Waals surface area (Å²) in [6.45, 7) is 0. The average Bonchev–Trinajstić information content (AvgIpc) is 2.41. The largest absolute Gasteiger partial charge is 0.497 e. The van der Waals surface area contributed by atoms with Crippen LogP contribution in [-0.2, 0) is 10.0 Å². The lowest BCUT2D eigenvalue weighted by atomic mass is 10.3. The molecule has 0 amide bonds. The lowest BCUT2D eigenvalue weighted by Gasteiger charge is -2.10. The van der Waals surface area contributed by atoms with Crippen LogP contribution < -0.4 is 15.0 Å². The summed E-state index contributed by atoms with van der Waals surface area (Å²) in [6, 6.07) is 6.92. The summed E-state index contributed by atoms with van der Waals surface area (Å²) >= 11 is 5.93. The molecule has 1 aromatic heterocycles. The molecule has 6 nitrogen and oxygen atoms in total.